The average Bonchev–Trinajstić information content (AvgIpc) is 2.90. The highest BCUT2D eigenvalue weighted by atomic mass is 32.2. The summed E-state index contributed by atoms with van der Waals surface area (Å²) in [5.41, 5.74) is 0.640. The van der Waals surface area contributed by atoms with Crippen LogP contribution in [0.1, 0.15) is 23.2 Å². The highest BCUT2D eigenvalue weighted by Crippen LogP contribution is 2.36. The highest BCUT2D eigenvalue weighted by molar-refractivity contribution is 7.99. The third kappa shape index (κ3) is 3.37. The normalized spacial score (nSPS) is 10.4. The van der Waals surface area contributed by atoms with Gasteiger partial charge in [-0.2, -0.15) is 0 Å². The fourth-order valence-electron chi connectivity index (χ4n) is 1.53. The molecule has 0 atom stereocenters. The maximum atomic E-state index is 11.4. The summed E-state index contributed by atoms with van der Waals surface area (Å²) >= 11 is 0.936. The van der Waals surface area contributed by atoms with Crippen LogP contribution in [-0.2, 0) is 4.74 Å². The van der Waals surface area contributed by atoms with Crippen LogP contribution in [0.4, 0.5) is 5.69 Å². The smallest absolute Gasteiger partial charge is 0.396 e. The van der Waals surface area contributed by atoms with Crippen molar-refractivity contribution in [1.82, 2.24) is 10.2 Å². The van der Waals surface area contributed by atoms with Gasteiger partial charge >= 0.3 is 11.9 Å². The van der Waals surface area contributed by atoms with Gasteiger partial charge in [-0.25, -0.2) is 4.79 Å². The lowest BCUT2D eigenvalue weighted by atomic mass is 10.2. The van der Waals surface area contributed by atoms with Gasteiger partial charge in [-0.1, -0.05) is 17.2 Å². The van der Waals surface area contributed by atoms with E-state index < -0.39 is 10.9 Å². The summed E-state index contributed by atoms with van der Waals surface area (Å²) in [7, 11) is 0. The Morgan fingerprint density at radius 3 is 2.90 bits per heavy atom. The molecule has 2 rings (SSSR count). The Morgan fingerprint density at radius 1 is 1.48 bits per heavy atom. The predicted octanol–water partition coefficient (Wildman–Crippen LogP) is 2.61. The van der Waals surface area contributed by atoms with Crippen LogP contribution in [0.25, 0.3) is 0 Å². The fraction of sp³-hybridized carbons (Fsp3) is 0.250. The lowest BCUT2D eigenvalue weighted by Crippen LogP contribution is -2.04. The Balaban J connectivity index is 2.27. The molecule has 0 N–H and O–H groups in total. The molecule has 0 aliphatic carbocycles. The van der Waals surface area contributed by atoms with Gasteiger partial charge in [0, 0.05) is 6.07 Å². The summed E-state index contributed by atoms with van der Waals surface area (Å²) in [5.74, 6) is -1.01. The summed E-state index contributed by atoms with van der Waals surface area (Å²) in [4.78, 5) is 22.3. The van der Waals surface area contributed by atoms with Crippen LogP contribution in [0.3, 0.4) is 0 Å². The van der Waals surface area contributed by atoms with E-state index in [1.54, 1.807) is 26.0 Å². The zero-order chi connectivity index (χ0) is 15.4. The molecule has 8 nitrogen and oxygen atoms in total. The maximum Gasteiger partial charge on any atom is 0.396 e. The Bertz CT molecular complexity index is 685. The minimum atomic E-state index is -0.726. The van der Waals surface area contributed by atoms with Crippen molar-refractivity contribution in [3.8, 4) is 0 Å². The Morgan fingerprint density at radius 2 is 2.24 bits per heavy atom. The third-order valence-electron chi connectivity index (χ3n) is 2.43. The Kier molecular flexibility index (Phi) is 4.53. The van der Waals surface area contributed by atoms with Gasteiger partial charge in [0.05, 0.1) is 16.4 Å². The number of carbonyl (C=O) groups excluding carboxylic acids is 1. The standard InChI is InChI=1S/C12H11N3O5S/c1-3-19-11(16)10-13-14-12(20-10)21-9-7(2)5-4-6-8(9)15(17)18/h4-6H,3H2,1-2H3. The lowest BCUT2D eigenvalue weighted by molar-refractivity contribution is -0.387. The van der Waals surface area contributed by atoms with Crippen molar-refractivity contribution in [2.45, 2.75) is 24.0 Å². The third-order valence-corrected chi connectivity index (χ3v) is 3.51. The molecule has 0 aliphatic rings. The van der Waals surface area contributed by atoms with Crippen molar-refractivity contribution in [1.29, 1.82) is 0 Å². The quantitative estimate of drug-likeness (QED) is 0.471. The van der Waals surface area contributed by atoms with Gasteiger partial charge < -0.3 is 9.15 Å². The molecule has 0 aliphatic heterocycles. The molecular formula is C12H11N3O5S. The molecule has 0 fully saturated rings. The molecule has 0 amide bonds. The first-order valence-corrected chi connectivity index (χ1v) is 6.77. The molecule has 0 spiro atoms. The summed E-state index contributed by atoms with van der Waals surface area (Å²) in [6.45, 7) is 3.57. The number of ether oxygens (including phenoxy) is 1. The van der Waals surface area contributed by atoms with Crippen LogP contribution < -0.4 is 0 Å². The molecule has 1 aromatic heterocycles. The van der Waals surface area contributed by atoms with Crippen molar-refractivity contribution < 1.29 is 18.9 Å². The number of nitrogens with zero attached hydrogens (tertiary/aromatic N) is 3. The number of hydrogen-bond acceptors (Lipinski definition) is 8. The molecular weight excluding hydrogens is 298 g/mol. The zero-order valence-corrected chi connectivity index (χ0v) is 12.0. The van der Waals surface area contributed by atoms with Gasteiger partial charge in [0.1, 0.15) is 0 Å². The molecule has 21 heavy (non-hydrogen) atoms. The summed E-state index contributed by atoms with van der Waals surface area (Å²) in [5, 5.41) is 18.3. The molecule has 0 radical (unpaired) electrons. The van der Waals surface area contributed by atoms with E-state index in [9.17, 15) is 14.9 Å². The van der Waals surface area contributed by atoms with Crippen molar-refractivity contribution in [3.63, 3.8) is 0 Å². The topological polar surface area (TPSA) is 108 Å². The van der Waals surface area contributed by atoms with E-state index in [0.717, 1.165) is 11.8 Å². The molecule has 2 aromatic rings. The number of nitro groups is 1. The van der Waals surface area contributed by atoms with E-state index in [2.05, 4.69) is 10.2 Å². The monoisotopic (exact) mass is 309 g/mol. The van der Waals surface area contributed by atoms with Crippen LogP contribution in [-0.4, -0.2) is 27.7 Å². The van der Waals surface area contributed by atoms with Crippen LogP contribution >= 0.6 is 11.8 Å². The molecule has 0 saturated carbocycles. The van der Waals surface area contributed by atoms with Gasteiger partial charge in [-0.3, -0.25) is 10.1 Å². The van der Waals surface area contributed by atoms with Crippen LogP contribution in [0.5, 0.6) is 0 Å². The van der Waals surface area contributed by atoms with Crippen LogP contribution in [0.2, 0.25) is 0 Å². The lowest BCUT2D eigenvalue weighted by Gasteiger charge is -2.02. The fourth-order valence-corrected chi connectivity index (χ4v) is 2.38. The molecule has 1 heterocycles. The number of aryl methyl sites for hydroxylation is 1. The zero-order valence-electron chi connectivity index (χ0n) is 11.2. The van der Waals surface area contributed by atoms with Crippen LogP contribution in [0.15, 0.2) is 32.7 Å². The van der Waals surface area contributed by atoms with Crippen molar-refractivity contribution in [2.75, 3.05) is 6.61 Å². The number of esters is 1. The van der Waals surface area contributed by atoms with Gasteiger partial charge in [0.25, 0.3) is 10.9 Å². The van der Waals surface area contributed by atoms with Crippen molar-refractivity contribution >= 4 is 23.4 Å². The van der Waals surface area contributed by atoms with E-state index in [-0.39, 0.29) is 23.4 Å². The summed E-state index contributed by atoms with van der Waals surface area (Å²) in [6, 6.07) is 4.71. The van der Waals surface area contributed by atoms with E-state index >= 15 is 0 Å². The van der Waals surface area contributed by atoms with Crippen molar-refractivity contribution in [2.24, 2.45) is 0 Å². The molecule has 9 heteroatoms. The number of benzene rings is 1. The Hall–Kier alpha value is -2.42. The van der Waals surface area contributed by atoms with E-state index in [1.807, 2.05) is 0 Å². The SMILES string of the molecule is CCOC(=O)c1nnc(Sc2c(C)cccc2[N+](=O)[O-])o1. The van der Waals surface area contributed by atoms with E-state index in [1.165, 1.54) is 6.07 Å². The van der Waals surface area contributed by atoms with Crippen LogP contribution in [0, 0.1) is 17.0 Å². The number of rotatable bonds is 5. The Labute approximate surface area is 123 Å². The first-order valence-electron chi connectivity index (χ1n) is 5.95. The van der Waals surface area contributed by atoms with E-state index in [0.29, 0.717) is 10.5 Å². The van der Waals surface area contributed by atoms with Gasteiger partial charge in [0.15, 0.2) is 0 Å². The average molecular weight is 309 g/mol. The second-order valence-electron chi connectivity index (χ2n) is 3.88. The maximum absolute atomic E-state index is 11.4. The first-order chi connectivity index (χ1) is 10.0. The van der Waals surface area contributed by atoms with Crippen molar-refractivity contribution in [3.05, 3.63) is 39.8 Å². The molecule has 0 bridgehead atoms. The summed E-state index contributed by atoms with van der Waals surface area (Å²) < 4.78 is 9.86. The predicted molar refractivity (Wildman–Crippen MR) is 72.2 cm³/mol. The number of carbonyl (C=O) groups is 1. The minimum absolute atomic E-state index is 0.0375. The highest BCUT2D eigenvalue weighted by Gasteiger charge is 2.21. The largest absolute Gasteiger partial charge is 0.459 e. The molecule has 0 saturated heterocycles. The second-order valence-corrected chi connectivity index (χ2v) is 4.84. The second kappa shape index (κ2) is 6.35. The number of aromatic nitrogens is 2. The molecule has 110 valence electrons. The van der Waals surface area contributed by atoms with Gasteiger partial charge in [-0.05, 0) is 31.2 Å². The number of hydrogen-bond donors (Lipinski definition) is 0. The first kappa shape index (κ1) is 15.0. The molecule has 1 aromatic carbocycles. The van der Waals surface area contributed by atoms with Gasteiger partial charge in [-0.15, -0.1) is 5.10 Å². The van der Waals surface area contributed by atoms with E-state index in [4.69, 9.17) is 9.15 Å². The number of nitro benzene ring substituents is 1. The minimum Gasteiger partial charge on any atom is -0.459 e. The molecule has 0 unspecified atom stereocenters. The summed E-state index contributed by atoms with van der Waals surface area (Å²) in [6.07, 6.45) is 0. The van der Waals surface area contributed by atoms with Gasteiger partial charge in [0.2, 0.25) is 0 Å².